The van der Waals surface area contributed by atoms with E-state index >= 15 is 0 Å². The molecule has 0 fully saturated rings. The Morgan fingerprint density at radius 2 is 2.06 bits per heavy atom. The minimum absolute atomic E-state index is 0.0584. The highest BCUT2D eigenvalue weighted by molar-refractivity contribution is 7.98. The van der Waals surface area contributed by atoms with Crippen molar-refractivity contribution in [2.45, 2.75) is 31.3 Å². The highest BCUT2D eigenvalue weighted by Gasteiger charge is 2.17. The summed E-state index contributed by atoms with van der Waals surface area (Å²) in [5.74, 6) is -0.251. The van der Waals surface area contributed by atoms with Gasteiger partial charge in [-0.1, -0.05) is 47.1 Å². The number of aryl methyl sites for hydroxylation is 2. The zero-order valence-electron chi connectivity index (χ0n) is 17.0. The molecule has 2 aromatic heterocycles. The summed E-state index contributed by atoms with van der Waals surface area (Å²) in [6.45, 7) is 4.02. The van der Waals surface area contributed by atoms with Gasteiger partial charge in [0.05, 0.1) is 17.2 Å². The first-order chi connectivity index (χ1) is 14.9. The van der Waals surface area contributed by atoms with Crippen LogP contribution in [0.5, 0.6) is 0 Å². The third kappa shape index (κ3) is 4.73. The van der Waals surface area contributed by atoms with Gasteiger partial charge in [0.25, 0.3) is 0 Å². The van der Waals surface area contributed by atoms with Crippen molar-refractivity contribution in [1.29, 1.82) is 0 Å². The Hall–Kier alpha value is -2.90. The molecule has 2 aromatic carbocycles. The maximum atomic E-state index is 14.2. The van der Waals surface area contributed by atoms with Crippen LogP contribution in [0.3, 0.4) is 0 Å². The summed E-state index contributed by atoms with van der Waals surface area (Å²) in [6.07, 6.45) is 3.32. The molecule has 0 aliphatic rings. The van der Waals surface area contributed by atoms with E-state index in [1.54, 1.807) is 35.2 Å². The van der Waals surface area contributed by atoms with Crippen molar-refractivity contribution in [3.8, 4) is 0 Å². The number of carbonyl (C=O) groups excluding carboxylic acids is 1. The average Bonchev–Trinajstić information content (AvgIpc) is 3.07. The van der Waals surface area contributed by atoms with E-state index in [-0.39, 0.29) is 18.3 Å². The SMILES string of the molecule is Cc1ccc(NC(=O)Cn2c(SCc3c(F)cccc3Cl)nc3ccncc32)c(C)c1. The van der Waals surface area contributed by atoms with Gasteiger partial charge in [0.1, 0.15) is 12.4 Å². The molecule has 0 saturated carbocycles. The Balaban J connectivity index is 1.59. The van der Waals surface area contributed by atoms with Crippen LogP contribution in [0.2, 0.25) is 5.02 Å². The van der Waals surface area contributed by atoms with Gasteiger partial charge in [0, 0.05) is 28.2 Å². The number of rotatable bonds is 6. The largest absolute Gasteiger partial charge is 0.324 e. The quantitative estimate of drug-likeness (QED) is 0.375. The van der Waals surface area contributed by atoms with Gasteiger partial charge in [-0.25, -0.2) is 9.37 Å². The van der Waals surface area contributed by atoms with Crippen LogP contribution in [0.1, 0.15) is 16.7 Å². The van der Waals surface area contributed by atoms with Crippen molar-refractivity contribution < 1.29 is 9.18 Å². The summed E-state index contributed by atoms with van der Waals surface area (Å²) >= 11 is 7.49. The number of fused-ring (bicyclic) bond motifs is 1. The Bertz CT molecular complexity index is 1250. The summed E-state index contributed by atoms with van der Waals surface area (Å²) in [4.78, 5) is 21.6. The summed E-state index contributed by atoms with van der Waals surface area (Å²) in [7, 11) is 0. The van der Waals surface area contributed by atoms with Crippen LogP contribution in [0.4, 0.5) is 10.1 Å². The second-order valence-electron chi connectivity index (χ2n) is 7.20. The first-order valence-corrected chi connectivity index (χ1v) is 11.0. The average molecular weight is 455 g/mol. The monoisotopic (exact) mass is 454 g/mol. The van der Waals surface area contributed by atoms with Crippen LogP contribution in [-0.4, -0.2) is 20.4 Å². The predicted molar refractivity (Wildman–Crippen MR) is 123 cm³/mol. The highest BCUT2D eigenvalue weighted by Crippen LogP contribution is 2.30. The normalized spacial score (nSPS) is 11.1. The van der Waals surface area contributed by atoms with E-state index in [1.165, 1.54) is 17.8 Å². The van der Waals surface area contributed by atoms with Gasteiger partial charge in [0.2, 0.25) is 5.91 Å². The van der Waals surface area contributed by atoms with Gasteiger partial charge in [-0.15, -0.1) is 0 Å². The number of nitrogens with one attached hydrogen (secondary N) is 1. The van der Waals surface area contributed by atoms with Gasteiger partial charge < -0.3 is 9.88 Å². The van der Waals surface area contributed by atoms with E-state index in [2.05, 4.69) is 15.3 Å². The molecule has 0 bridgehead atoms. The number of aromatic nitrogens is 3. The van der Waals surface area contributed by atoms with E-state index < -0.39 is 0 Å². The second-order valence-corrected chi connectivity index (χ2v) is 8.55. The molecule has 1 amide bonds. The molecule has 4 rings (SSSR count). The molecule has 0 radical (unpaired) electrons. The van der Waals surface area contributed by atoms with Gasteiger partial charge >= 0.3 is 0 Å². The molecule has 5 nitrogen and oxygen atoms in total. The van der Waals surface area contributed by atoms with Gasteiger partial charge in [-0.3, -0.25) is 9.78 Å². The number of halogens is 2. The summed E-state index contributed by atoms with van der Waals surface area (Å²) in [6, 6.07) is 12.3. The van der Waals surface area contributed by atoms with Crippen LogP contribution < -0.4 is 5.32 Å². The molecule has 1 N–H and O–H groups in total. The summed E-state index contributed by atoms with van der Waals surface area (Å²) in [5, 5.41) is 3.92. The van der Waals surface area contributed by atoms with Crippen molar-refractivity contribution in [3.05, 3.63) is 82.4 Å². The van der Waals surface area contributed by atoms with Crippen LogP contribution in [-0.2, 0) is 17.1 Å². The van der Waals surface area contributed by atoms with E-state index in [0.29, 0.717) is 21.5 Å². The van der Waals surface area contributed by atoms with Crippen molar-refractivity contribution in [2.24, 2.45) is 0 Å². The number of carbonyl (C=O) groups is 1. The topological polar surface area (TPSA) is 59.8 Å². The van der Waals surface area contributed by atoms with Crippen LogP contribution in [0.25, 0.3) is 11.0 Å². The first-order valence-electron chi connectivity index (χ1n) is 9.65. The molecule has 8 heteroatoms. The van der Waals surface area contributed by atoms with Crippen LogP contribution in [0.15, 0.2) is 60.0 Å². The van der Waals surface area contributed by atoms with Gasteiger partial charge in [-0.2, -0.15) is 0 Å². The Labute approximate surface area is 188 Å². The first kappa shape index (κ1) is 21.3. The summed E-state index contributed by atoms with van der Waals surface area (Å²) < 4.78 is 16.0. The highest BCUT2D eigenvalue weighted by atomic mass is 35.5. The number of imidazole rings is 1. The van der Waals surface area contributed by atoms with E-state index in [0.717, 1.165) is 27.8 Å². The summed E-state index contributed by atoms with van der Waals surface area (Å²) in [5.41, 5.74) is 4.76. The van der Waals surface area contributed by atoms with Crippen molar-refractivity contribution in [2.75, 3.05) is 5.32 Å². The number of pyridine rings is 1. The van der Waals surface area contributed by atoms with Crippen molar-refractivity contribution >= 4 is 46.0 Å². The molecular formula is C23H20ClFN4OS. The zero-order chi connectivity index (χ0) is 22.0. The minimum Gasteiger partial charge on any atom is -0.324 e. The van der Waals surface area contributed by atoms with Crippen LogP contribution in [0, 0.1) is 19.7 Å². The Morgan fingerprint density at radius 3 is 2.84 bits per heavy atom. The van der Waals surface area contributed by atoms with E-state index in [9.17, 15) is 9.18 Å². The molecule has 0 aliphatic carbocycles. The molecule has 158 valence electrons. The zero-order valence-corrected chi connectivity index (χ0v) is 18.6. The molecule has 2 heterocycles. The smallest absolute Gasteiger partial charge is 0.244 e. The fourth-order valence-electron chi connectivity index (χ4n) is 3.30. The Morgan fingerprint density at radius 1 is 1.23 bits per heavy atom. The molecule has 0 spiro atoms. The lowest BCUT2D eigenvalue weighted by molar-refractivity contribution is -0.116. The van der Waals surface area contributed by atoms with Crippen LogP contribution >= 0.6 is 23.4 Å². The Kier molecular flexibility index (Phi) is 6.25. The predicted octanol–water partition coefficient (Wildman–Crippen LogP) is 5.77. The molecule has 0 atom stereocenters. The molecule has 4 aromatic rings. The van der Waals surface area contributed by atoms with E-state index in [4.69, 9.17) is 11.6 Å². The maximum absolute atomic E-state index is 14.2. The third-order valence-corrected chi connectivity index (χ3v) is 6.24. The number of amides is 1. The molecule has 0 aliphatic heterocycles. The lowest BCUT2D eigenvalue weighted by atomic mass is 10.1. The minimum atomic E-state index is -0.364. The molecule has 0 saturated heterocycles. The molecule has 31 heavy (non-hydrogen) atoms. The fourth-order valence-corrected chi connectivity index (χ4v) is 4.66. The fraction of sp³-hybridized carbons (Fsp3) is 0.174. The van der Waals surface area contributed by atoms with Gasteiger partial charge in [-0.05, 0) is 43.7 Å². The third-order valence-electron chi connectivity index (χ3n) is 4.88. The number of hydrogen-bond acceptors (Lipinski definition) is 4. The molecular weight excluding hydrogens is 435 g/mol. The number of anilines is 1. The number of nitrogens with zero attached hydrogens (tertiary/aromatic N) is 3. The van der Waals surface area contributed by atoms with Crippen molar-refractivity contribution in [1.82, 2.24) is 14.5 Å². The van der Waals surface area contributed by atoms with E-state index in [1.807, 2.05) is 32.0 Å². The van der Waals surface area contributed by atoms with Gasteiger partial charge in [0.15, 0.2) is 5.16 Å². The molecule has 0 unspecified atom stereocenters. The second kappa shape index (κ2) is 9.08. The lowest BCUT2D eigenvalue weighted by Crippen LogP contribution is -2.19. The standard InChI is InChI=1S/C23H20ClFN4OS/c1-14-6-7-19(15(2)10-14)27-22(30)12-29-21-11-26-9-8-20(21)28-23(29)31-13-16-17(24)4-3-5-18(16)25/h3-11H,12-13H2,1-2H3,(H,27,30). The maximum Gasteiger partial charge on any atom is 0.244 e. The number of benzene rings is 2. The number of hydrogen-bond donors (Lipinski definition) is 1. The lowest BCUT2D eigenvalue weighted by Gasteiger charge is -2.12. The number of thioether (sulfide) groups is 1. The van der Waals surface area contributed by atoms with Crippen molar-refractivity contribution in [3.63, 3.8) is 0 Å².